The van der Waals surface area contributed by atoms with E-state index in [1.165, 1.54) is 19.1 Å². The Bertz CT molecular complexity index is 741. The van der Waals surface area contributed by atoms with Crippen LogP contribution in [0.15, 0.2) is 75.8 Å². The maximum Gasteiger partial charge on any atom is 0.234 e. The number of ketones is 1. The predicted molar refractivity (Wildman–Crippen MR) is 79.1 cm³/mol. The maximum absolute atomic E-state index is 12.4. The lowest BCUT2D eigenvalue weighted by atomic mass is 10.3. The summed E-state index contributed by atoms with van der Waals surface area (Å²) in [5.74, 6) is -0.571. The molecule has 0 bridgehead atoms. The maximum atomic E-state index is 12.4. The van der Waals surface area contributed by atoms with E-state index in [-0.39, 0.29) is 4.90 Å². The lowest BCUT2D eigenvalue weighted by Gasteiger charge is -2.09. The monoisotopic (exact) mass is 302 g/mol. The lowest BCUT2D eigenvalue weighted by molar-refractivity contribution is -0.116. The fourth-order valence-corrected chi connectivity index (χ4v) is 3.12. The van der Waals surface area contributed by atoms with Crippen LogP contribution < -0.4 is 0 Å². The highest BCUT2D eigenvalue weighted by molar-refractivity contribution is 7.92. The molecule has 0 aromatic heterocycles. The molecule has 0 radical (unpaired) electrons. The molecule has 2 aromatic carbocycles. The van der Waals surface area contributed by atoms with Gasteiger partial charge >= 0.3 is 0 Å². The van der Waals surface area contributed by atoms with E-state index in [0.717, 1.165) is 0 Å². The van der Waals surface area contributed by atoms with Gasteiger partial charge in [0.1, 0.15) is 0 Å². The number of carbonyl (C=O) groups excluding carboxylic acids is 1. The summed E-state index contributed by atoms with van der Waals surface area (Å²) in [5, 5.41) is 6.05. The summed E-state index contributed by atoms with van der Waals surface area (Å²) in [4.78, 5) is 11.7. The zero-order valence-electron chi connectivity index (χ0n) is 11.4. The topological polar surface area (TPSA) is 75.9 Å². The second kappa shape index (κ2) is 6.41. The number of azo groups is 1. The van der Waals surface area contributed by atoms with Gasteiger partial charge in [0.15, 0.2) is 5.78 Å². The molecule has 0 aliphatic carbocycles. The van der Waals surface area contributed by atoms with E-state index in [0.29, 0.717) is 5.69 Å². The minimum absolute atomic E-state index is 0.0530. The molecule has 21 heavy (non-hydrogen) atoms. The molecule has 5 nitrogen and oxygen atoms in total. The lowest BCUT2D eigenvalue weighted by Crippen LogP contribution is -2.26. The molecule has 0 unspecified atom stereocenters. The molecule has 0 fully saturated rings. The van der Waals surface area contributed by atoms with Gasteiger partial charge in [-0.15, -0.1) is 0 Å². The number of hydrogen-bond acceptors (Lipinski definition) is 5. The van der Waals surface area contributed by atoms with Gasteiger partial charge in [0.2, 0.25) is 15.2 Å². The third-order valence-electron chi connectivity index (χ3n) is 2.75. The Hall–Kier alpha value is -2.34. The smallest absolute Gasteiger partial charge is 0.234 e. The molecule has 1 atom stereocenters. The molecule has 2 aromatic rings. The summed E-state index contributed by atoms with van der Waals surface area (Å²) in [6.07, 6.45) is 0. The van der Waals surface area contributed by atoms with Gasteiger partial charge in [0, 0.05) is 0 Å². The number of rotatable bonds is 5. The van der Waals surface area contributed by atoms with Crippen LogP contribution in [-0.2, 0) is 14.6 Å². The highest BCUT2D eigenvalue weighted by Crippen LogP contribution is 2.20. The van der Waals surface area contributed by atoms with Crippen molar-refractivity contribution in [3.63, 3.8) is 0 Å². The zero-order chi connectivity index (χ0) is 15.3. The summed E-state index contributed by atoms with van der Waals surface area (Å²) in [6.45, 7) is 1.19. The molecule has 6 heteroatoms. The Morgan fingerprint density at radius 2 is 1.48 bits per heavy atom. The first-order valence-electron chi connectivity index (χ1n) is 6.27. The zero-order valence-corrected chi connectivity index (χ0v) is 12.2. The number of carbonyl (C=O) groups is 1. The predicted octanol–water partition coefficient (Wildman–Crippen LogP) is 3.16. The van der Waals surface area contributed by atoms with Crippen LogP contribution in [0.25, 0.3) is 0 Å². The van der Waals surface area contributed by atoms with Crippen LogP contribution in [0, 0.1) is 0 Å². The van der Waals surface area contributed by atoms with Gasteiger partial charge in [-0.2, -0.15) is 10.2 Å². The molecular weight excluding hydrogens is 288 g/mol. The Kier molecular flexibility index (Phi) is 4.59. The standard InChI is InChI=1S/C15H14N2O3S/c1-12(18)15(17-16-13-8-4-2-5-9-13)21(19,20)14-10-6-3-7-11-14/h2-11,15H,1H3/t15-/m0/s1. The number of nitrogens with zero attached hydrogens (tertiary/aromatic N) is 2. The van der Waals surface area contributed by atoms with E-state index in [1.54, 1.807) is 42.5 Å². The molecule has 0 spiro atoms. The number of hydrogen-bond donors (Lipinski definition) is 0. The average molecular weight is 302 g/mol. The molecule has 0 aliphatic rings. The van der Waals surface area contributed by atoms with Crippen molar-refractivity contribution >= 4 is 21.3 Å². The summed E-state index contributed by atoms with van der Waals surface area (Å²) in [7, 11) is -3.88. The van der Waals surface area contributed by atoms with Crippen LogP contribution in [0.5, 0.6) is 0 Å². The molecule has 0 amide bonds. The van der Waals surface area contributed by atoms with E-state index in [2.05, 4.69) is 10.2 Å². The number of Topliss-reactive ketones (excluding diaryl/α,β-unsaturated/α-hetero) is 1. The second-order valence-corrected chi connectivity index (χ2v) is 6.38. The molecule has 0 aliphatic heterocycles. The molecular formula is C15H14N2O3S. The third-order valence-corrected chi connectivity index (χ3v) is 4.69. The van der Waals surface area contributed by atoms with E-state index < -0.39 is 21.0 Å². The van der Waals surface area contributed by atoms with Crippen molar-refractivity contribution in [3.8, 4) is 0 Å². The Morgan fingerprint density at radius 1 is 0.952 bits per heavy atom. The van der Waals surface area contributed by atoms with Crippen molar-refractivity contribution in [2.24, 2.45) is 10.2 Å². The van der Waals surface area contributed by atoms with Gasteiger partial charge in [-0.3, -0.25) is 4.79 Å². The highest BCUT2D eigenvalue weighted by Gasteiger charge is 2.31. The van der Waals surface area contributed by atoms with Crippen LogP contribution in [0.3, 0.4) is 0 Å². The van der Waals surface area contributed by atoms with Gasteiger partial charge in [-0.1, -0.05) is 36.4 Å². The van der Waals surface area contributed by atoms with Gasteiger partial charge < -0.3 is 0 Å². The van der Waals surface area contributed by atoms with Gasteiger partial charge in [0.05, 0.1) is 10.6 Å². The normalized spacial score (nSPS) is 13.2. The first-order chi connectivity index (χ1) is 10.0. The Morgan fingerprint density at radius 3 is 2.00 bits per heavy atom. The largest absolute Gasteiger partial charge is 0.296 e. The van der Waals surface area contributed by atoms with Crippen molar-refractivity contribution in [2.75, 3.05) is 0 Å². The van der Waals surface area contributed by atoms with Crippen molar-refractivity contribution in [2.45, 2.75) is 17.2 Å². The molecule has 108 valence electrons. The molecule has 0 saturated carbocycles. The van der Waals surface area contributed by atoms with Crippen molar-refractivity contribution in [1.29, 1.82) is 0 Å². The summed E-state index contributed by atoms with van der Waals surface area (Å²) >= 11 is 0. The minimum Gasteiger partial charge on any atom is -0.296 e. The molecule has 2 rings (SSSR count). The Labute approximate surface area is 123 Å². The average Bonchev–Trinajstić information content (AvgIpc) is 2.49. The van der Waals surface area contributed by atoms with Gasteiger partial charge in [-0.25, -0.2) is 8.42 Å². The number of sulfone groups is 1. The Balaban J connectivity index is 2.36. The summed E-state index contributed by atoms with van der Waals surface area (Å²) < 4.78 is 24.8. The summed E-state index contributed by atoms with van der Waals surface area (Å²) in [5.41, 5.74) is 0.493. The van der Waals surface area contributed by atoms with Crippen molar-refractivity contribution < 1.29 is 13.2 Å². The van der Waals surface area contributed by atoms with E-state index >= 15 is 0 Å². The third kappa shape index (κ3) is 3.61. The van der Waals surface area contributed by atoms with Crippen molar-refractivity contribution in [1.82, 2.24) is 0 Å². The van der Waals surface area contributed by atoms with E-state index in [1.807, 2.05) is 6.07 Å². The summed E-state index contributed by atoms with van der Waals surface area (Å²) in [6, 6.07) is 16.4. The first kappa shape index (κ1) is 15.1. The fourth-order valence-electron chi connectivity index (χ4n) is 1.71. The van der Waals surface area contributed by atoms with Gasteiger partial charge in [-0.05, 0) is 31.2 Å². The van der Waals surface area contributed by atoms with Crippen LogP contribution in [0.2, 0.25) is 0 Å². The van der Waals surface area contributed by atoms with E-state index in [4.69, 9.17) is 0 Å². The highest BCUT2D eigenvalue weighted by atomic mass is 32.2. The first-order valence-corrected chi connectivity index (χ1v) is 7.82. The number of benzene rings is 2. The quantitative estimate of drug-likeness (QED) is 0.796. The van der Waals surface area contributed by atoms with Crippen LogP contribution in [0.1, 0.15) is 6.92 Å². The van der Waals surface area contributed by atoms with Crippen LogP contribution in [-0.4, -0.2) is 19.6 Å². The fraction of sp³-hybridized carbons (Fsp3) is 0.133. The van der Waals surface area contributed by atoms with Gasteiger partial charge in [0.25, 0.3) is 0 Å². The van der Waals surface area contributed by atoms with Crippen LogP contribution in [0.4, 0.5) is 5.69 Å². The minimum atomic E-state index is -3.88. The van der Waals surface area contributed by atoms with Crippen molar-refractivity contribution in [3.05, 3.63) is 60.7 Å². The SMILES string of the molecule is CC(=O)[C@@H](N=Nc1ccccc1)S(=O)(=O)c1ccccc1. The molecule has 0 saturated heterocycles. The van der Waals surface area contributed by atoms with Crippen LogP contribution >= 0.6 is 0 Å². The van der Waals surface area contributed by atoms with E-state index in [9.17, 15) is 13.2 Å². The molecule has 0 heterocycles. The second-order valence-electron chi connectivity index (χ2n) is 4.37. The molecule has 0 N–H and O–H groups in total.